The molecule has 2 aromatic carbocycles. The van der Waals surface area contributed by atoms with Crippen LogP contribution < -0.4 is 27.3 Å². The highest BCUT2D eigenvalue weighted by atomic mass is 35.5. The number of aromatic nitrogens is 2. The molecule has 258 valence electrons. The van der Waals surface area contributed by atoms with Crippen molar-refractivity contribution in [1.82, 2.24) is 15.3 Å². The summed E-state index contributed by atoms with van der Waals surface area (Å²) in [5, 5.41) is 26.3. The van der Waals surface area contributed by atoms with E-state index in [-0.39, 0.29) is 61.5 Å². The van der Waals surface area contributed by atoms with Gasteiger partial charge in [0.1, 0.15) is 58.6 Å². The maximum absolute atomic E-state index is 12.2. The molecule has 0 aliphatic carbocycles. The zero-order valence-corrected chi connectivity index (χ0v) is 30.1. The van der Waals surface area contributed by atoms with Crippen molar-refractivity contribution in [2.45, 2.75) is 36.2 Å². The number of esters is 1. The van der Waals surface area contributed by atoms with Crippen LogP contribution in [-0.4, -0.2) is 53.7 Å². The minimum atomic E-state index is -0.890. The molecular weight excluding hydrogens is 731 g/mol. The van der Waals surface area contributed by atoms with E-state index in [4.69, 9.17) is 43.3 Å². The van der Waals surface area contributed by atoms with E-state index in [0.29, 0.717) is 39.1 Å². The van der Waals surface area contributed by atoms with E-state index in [1.807, 2.05) is 29.6 Å². The van der Waals surface area contributed by atoms with E-state index in [1.54, 1.807) is 24.3 Å². The van der Waals surface area contributed by atoms with Gasteiger partial charge < -0.3 is 32.0 Å². The van der Waals surface area contributed by atoms with Gasteiger partial charge in [0.05, 0.1) is 17.3 Å². The molecule has 0 unspecified atom stereocenters. The number of hydrogen-bond acceptors (Lipinski definition) is 13. The van der Waals surface area contributed by atoms with Crippen molar-refractivity contribution < 1.29 is 19.1 Å². The van der Waals surface area contributed by atoms with Crippen LogP contribution in [0.4, 0.5) is 5.82 Å². The molecule has 0 fully saturated rings. The van der Waals surface area contributed by atoms with Gasteiger partial charge in [-0.25, -0.2) is 14.8 Å². The average Bonchev–Trinajstić information content (AvgIpc) is 3.55. The average molecular weight is 764 g/mol. The summed E-state index contributed by atoms with van der Waals surface area (Å²) in [5.41, 5.74) is 20.3. The highest BCUT2D eigenvalue weighted by Gasteiger charge is 2.22. The summed E-state index contributed by atoms with van der Waals surface area (Å²) in [6.45, 7) is 1.73. The molecule has 0 radical (unpaired) electrons. The topological polar surface area (TPSA) is 216 Å². The summed E-state index contributed by atoms with van der Waals surface area (Å²) in [6.07, 6.45) is 0.297. The van der Waals surface area contributed by atoms with E-state index in [2.05, 4.69) is 22.4 Å². The number of nitrogens with one attached hydrogen (secondary N) is 1. The summed E-state index contributed by atoms with van der Waals surface area (Å²) in [7, 11) is 0. The van der Waals surface area contributed by atoms with Crippen molar-refractivity contribution in [2.24, 2.45) is 11.5 Å². The molecule has 0 aliphatic heterocycles. The number of carbonyl (C=O) groups is 2. The maximum atomic E-state index is 12.2. The molecular formula is C32H33Cl3N8O4S2. The minimum absolute atomic E-state index is 0. The number of halogens is 3. The second-order valence-electron chi connectivity index (χ2n) is 10.0. The van der Waals surface area contributed by atoms with Crippen LogP contribution in [0.5, 0.6) is 5.75 Å². The van der Waals surface area contributed by atoms with Gasteiger partial charge >= 0.3 is 5.97 Å². The van der Waals surface area contributed by atoms with Gasteiger partial charge in [0, 0.05) is 27.3 Å². The predicted molar refractivity (Wildman–Crippen MR) is 196 cm³/mol. The molecule has 2 heterocycles. The molecule has 0 aliphatic rings. The number of benzene rings is 2. The summed E-state index contributed by atoms with van der Waals surface area (Å²) in [4.78, 5) is 33.3. The van der Waals surface area contributed by atoms with Crippen LogP contribution in [0, 0.1) is 22.7 Å². The largest absolute Gasteiger partial charge is 0.490 e. The zero-order valence-electron chi connectivity index (χ0n) is 26.1. The smallest absolute Gasteiger partial charge is 0.328 e. The van der Waals surface area contributed by atoms with E-state index in [1.165, 1.54) is 30.0 Å². The van der Waals surface area contributed by atoms with Gasteiger partial charge in [0.15, 0.2) is 0 Å². The molecule has 49 heavy (non-hydrogen) atoms. The fourth-order valence-corrected chi connectivity index (χ4v) is 6.21. The van der Waals surface area contributed by atoms with Gasteiger partial charge in [0.25, 0.3) is 0 Å². The normalized spacial score (nSPS) is 11.5. The molecule has 7 N–H and O–H groups in total. The van der Waals surface area contributed by atoms with Crippen LogP contribution in [-0.2, 0) is 20.1 Å². The molecule has 17 heteroatoms. The number of nitrogens with two attached hydrogens (primary N) is 3. The summed E-state index contributed by atoms with van der Waals surface area (Å²) >= 11 is 8.80. The van der Waals surface area contributed by atoms with Gasteiger partial charge in [-0.1, -0.05) is 47.6 Å². The van der Waals surface area contributed by atoms with E-state index >= 15 is 0 Å². The molecule has 1 amide bonds. The third-order valence-corrected chi connectivity index (χ3v) is 8.88. The Morgan fingerprint density at radius 3 is 2.31 bits per heavy atom. The number of thiazole rings is 1. The van der Waals surface area contributed by atoms with Crippen molar-refractivity contribution in [1.29, 1.82) is 10.5 Å². The standard InChI is InChI=1S/C32H31ClN8O4S2.2ClH/c1-18(39-29(42)26(37)10-11-34)32(43)45-13-12-44-23-8-4-19(5-9-23)27-24(14-35)28(38)41-31(25(27)15-36)47-17-22-16-46-30(40-22)20-2-6-21(33)7-3-20;;/h2-9,16,18,26H,10-13,17,34,37H2,1H3,(H2,38,41)(H,39,42);2*1H/t18-,26-;;/m0../s1. The number of thioether (sulfide) groups is 1. The van der Waals surface area contributed by atoms with Gasteiger partial charge in [-0.15, -0.1) is 36.2 Å². The van der Waals surface area contributed by atoms with Crippen LogP contribution >= 0.6 is 59.5 Å². The van der Waals surface area contributed by atoms with Crippen LogP contribution in [0.2, 0.25) is 5.02 Å². The number of ether oxygens (including phenoxy) is 2. The van der Waals surface area contributed by atoms with Crippen molar-refractivity contribution in [3.05, 3.63) is 75.8 Å². The van der Waals surface area contributed by atoms with Crippen LogP contribution in [0.15, 0.2) is 58.9 Å². The number of rotatable bonds is 14. The van der Waals surface area contributed by atoms with Crippen molar-refractivity contribution in [3.63, 3.8) is 0 Å². The first kappa shape index (κ1) is 41.1. The number of nitrogen functional groups attached to an aromatic ring is 1. The number of nitriles is 2. The lowest BCUT2D eigenvalue weighted by atomic mass is 9.97. The number of hydrogen-bond donors (Lipinski definition) is 4. The van der Waals surface area contributed by atoms with E-state index < -0.39 is 24.0 Å². The first-order valence-corrected chi connectivity index (χ1v) is 16.5. The Morgan fingerprint density at radius 2 is 1.67 bits per heavy atom. The summed E-state index contributed by atoms with van der Waals surface area (Å²) < 4.78 is 10.9. The number of anilines is 1. The van der Waals surface area contributed by atoms with Gasteiger partial charge in [0.2, 0.25) is 5.91 Å². The predicted octanol–water partition coefficient (Wildman–Crippen LogP) is 5.09. The molecule has 0 saturated carbocycles. The summed E-state index contributed by atoms with van der Waals surface area (Å²) in [6, 6.07) is 16.7. The van der Waals surface area contributed by atoms with Gasteiger partial charge in [-0.05, 0) is 49.7 Å². The Hall–Kier alpha value is -4.12. The Labute approximate surface area is 309 Å². The fourth-order valence-electron chi connectivity index (χ4n) is 4.27. The molecule has 0 saturated heterocycles. The highest BCUT2D eigenvalue weighted by molar-refractivity contribution is 7.98. The Kier molecular flexibility index (Phi) is 16.6. The second kappa shape index (κ2) is 19.8. The third-order valence-electron chi connectivity index (χ3n) is 6.68. The Bertz CT molecular complexity index is 1810. The molecule has 2 atom stereocenters. The van der Waals surface area contributed by atoms with Crippen LogP contribution in [0.25, 0.3) is 21.7 Å². The van der Waals surface area contributed by atoms with Crippen molar-refractivity contribution in [3.8, 4) is 39.6 Å². The first-order chi connectivity index (χ1) is 22.6. The second-order valence-corrected chi connectivity index (χ2v) is 12.3. The van der Waals surface area contributed by atoms with Crippen molar-refractivity contribution in [2.75, 3.05) is 25.5 Å². The quantitative estimate of drug-likeness (QED) is 0.0751. The van der Waals surface area contributed by atoms with Crippen LogP contribution in [0.3, 0.4) is 0 Å². The Balaban J connectivity index is 0.00000417. The lowest BCUT2D eigenvalue weighted by molar-refractivity contribution is -0.148. The number of carbonyl (C=O) groups excluding carboxylic acids is 2. The SMILES string of the molecule is C[C@H](NC(=O)[C@@H](N)CCN)C(=O)OCCOc1ccc(-c2c(C#N)c(N)nc(SCc3csc(-c4ccc(Cl)cc4)n3)c2C#N)cc1.Cl.Cl. The van der Waals surface area contributed by atoms with Crippen molar-refractivity contribution >= 4 is 77.2 Å². The molecule has 12 nitrogen and oxygen atoms in total. The highest BCUT2D eigenvalue weighted by Crippen LogP contribution is 2.37. The molecule has 4 rings (SSSR count). The van der Waals surface area contributed by atoms with Crippen LogP contribution in [0.1, 0.15) is 30.2 Å². The van der Waals surface area contributed by atoms with Gasteiger partial charge in [-0.2, -0.15) is 10.5 Å². The molecule has 2 aromatic heterocycles. The molecule has 0 spiro atoms. The lowest BCUT2D eigenvalue weighted by Crippen LogP contribution is -2.48. The Morgan fingerprint density at radius 1 is 1.02 bits per heavy atom. The fraction of sp³-hybridized carbons (Fsp3) is 0.250. The molecule has 0 bridgehead atoms. The zero-order chi connectivity index (χ0) is 33.9. The third kappa shape index (κ3) is 10.9. The monoisotopic (exact) mass is 762 g/mol. The number of pyridine rings is 1. The minimum Gasteiger partial charge on any atom is -0.490 e. The number of nitrogens with zero attached hydrogens (tertiary/aromatic N) is 4. The maximum Gasteiger partial charge on any atom is 0.328 e. The van der Waals surface area contributed by atoms with E-state index in [9.17, 15) is 20.1 Å². The number of amides is 1. The van der Waals surface area contributed by atoms with Gasteiger partial charge in [-0.3, -0.25) is 4.79 Å². The molecule has 4 aromatic rings. The lowest BCUT2D eigenvalue weighted by Gasteiger charge is -2.16. The first-order valence-electron chi connectivity index (χ1n) is 14.3. The summed E-state index contributed by atoms with van der Waals surface area (Å²) in [5.74, 6) is -0.210. The van der Waals surface area contributed by atoms with E-state index in [0.717, 1.165) is 16.3 Å².